The molecule has 35 heavy (non-hydrogen) atoms. The quantitative estimate of drug-likeness (QED) is 0.568. The molecule has 2 aromatic carbocycles. The molecule has 3 heterocycles. The van der Waals surface area contributed by atoms with E-state index in [1.54, 1.807) is 12.1 Å². The highest BCUT2D eigenvalue weighted by atomic mass is 16.5. The van der Waals surface area contributed by atoms with Crippen molar-refractivity contribution in [3.05, 3.63) is 59.7 Å². The van der Waals surface area contributed by atoms with Crippen molar-refractivity contribution in [2.75, 3.05) is 23.8 Å². The molecule has 0 aromatic heterocycles. The molecule has 0 radical (unpaired) electrons. The lowest BCUT2D eigenvalue weighted by Gasteiger charge is -2.33. The molecule has 3 aliphatic rings. The lowest BCUT2D eigenvalue weighted by atomic mass is 9.70. The van der Waals surface area contributed by atoms with Gasteiger partial charge in [0.2, 0.25) is 17.7 Å². The van der Waals surface area contributed by atoms with Gasteiger partial charge >= 0.3 is 0 Å². The molecule has 0 aliphatic carbocycles. The van der Waals surface area contributed by atoms with Crippen molar-refractivity contribution < 1.29 is 24.2 Å². The second kappa shape index (κ2) is 9.09. The number of para-hydroxylation sites is 1. The maximum absolute atomic E-state index is 13.7. The van der Waals surface area contributed by atoms with Crippen molar-refractivity contribution in [3.63, 3.8) is 0 Å². The maximum Gasteiger partial charge on any atom is 0.250 e. The molecule has 184 valence electrons. The fourth-order valence-corrected chi connectivity index (χ4v) is 6.05. The number of rotatable bonds is 7. The molecule has 3 aliphatic heterocycles. The van der Waals surface area contributed by atoms with Crippen molar-refractivity contribution >= 4 is 29.1 Å². The molecule has 3 amide bonds. The summed E-state index contributed by atoms with van der Waals surface area (Å²) in [5.41, 5.74) is 2.22. The molecular weight excluding hydrogens is 446 g/mol. The number of nitrogens with zero attached hydrogens (tertiary/aromatic N) is 1. The van der Waals surface area contributed by atoms with E-state index in [1.165, 1.54) is 4.90 Å². The molecular formula is C27H31N3O5. The standard InChI is InChI=1S/C27H31N3O5/c1-16-9-10-17(2)19(15-16)29-25(33)23-27-12-11-20(35-27)21(22(27)26(34)30(23)13-6-14-31)24(32)28-18-7-4-3-5-8-18/h3-5,7-10,15,20-23,31H,6,11-14H2,1-2H3,(H,28,32)(H,29,33)/t20-,21+,22+,23?,27?/m1/s1. The number of fused-ring (bicyclic) bond motifs is 1. The summed E-state index contributed by atoms with van der Waals surface area (Å²) in [4.78, 5) is 42.4. The van der Waals surface area contributed by atoms with Crippen LogP contribution in [0.15, 0.2) is 48.5 Å². The Balaban J connectivity index is 1.47. The number of aryl methyl sites for hydroxylation is 2. The summed E-state index contributed by atoms with van der Waals surface area (Å²) in [6.07, 6.45) is 1.07. The number of carbonyl (C=O) groups excluding carboxylic acids is 3. The van der Waals surface area contributed by atoms with Crippen LogP contribution in [-0.4, -0.2) is 58.6 Å². The van der Waals surface area contributed by atoms with Gasteiger partial charge < -0.3 is 25.4 Å². The lowest BCUT2D eigenvalue weighted by Crippen LogP contribution is -2.53. The number of nitrogens with one attached hydrogen (secondary N) is 2. The van der Waals surface area contributed by atoms with E-state index >= 15 is 0 Å². The lowest BCUT2D eigenvalue weighted by molar-refractivity contribution is -0.139. The minimum absolute atomic E-state index is 0.103. The van der Waals surface area contributed by atoms with Crippen molar-refractivity contribution in [2.24, 2.45) is 11.8 Å². The zero-order chi connectivity index (χ0) is 24.7. The molecule has 8 nitrogen and oxygen atoms in total. The molecule has 8 heteroatoms. The van der Waals surface area contributed by atoms with E-state index in [0.717, 1.165) is 11.1 Å². The van der Waals surface area contributed by atoms with Gasteiger partial charge in [-0.3, -0.25) is 14.4 Å². The van der Waals surface area contributed by atoms with Gasteiger partial charge in [0, 0.05) is 24.5 Å². The SMILES string of the molecule is Cc1ccc(C)c(NC(=O)C2N(CCCO)C(=O)[C@@H]3[C@@H](C(=O)Nc4ccccc4)[C@H]4CCC23O4)c1. The fraction of sp³-hybridized carbons (Fsp3) is 0.444. The molecule has 2 aromatic rings. The summed E-state index contributed by atoms with van der Waals surface area (Å²) in [5, 5.41) is 15.4. The van der Waals surface area contributed by atoms with E-state index in [4.69, 9.17) is 4.74 Å². The molecule has 3 saturated heterocycles. The van der Waals surface area contributed by atoms with Crippen molar-refractivity contribution in [1.82, 2.24) is 4.90 Å². The third-order valence-corrected chi connectivity index (χ3v) is 7.60. The first-order chi connectivity index (χ1) is 16.9. The smallest absolute Gasteiger partial charge is 0.250 e. The first kappa shape index (κ1) is 23.5. The summed E-state index contributed by atoms with van der Waals surface area (Å²) in [6, 6.07) is 14.1. The third kappa shape index (κ3) is 3.90. The van der Waals surface area contributed by atoms with Crippen molar-refractivity contribution in [2.45, 2.75) is 50.9 Å². The highest BCUT2D eigenvalue weighted by Crippen LogP contribution is 2.58. The zero-order valence-corrected chi connectivity index (χ0v) is 20.0. The summed E-state index contributed by atoms with van der Waals surface area (Å²) in [5.74, 6) is -2.25. The molecule has 5 atom stereocenters. The minimum atomic E-state index is -1.06. The van der Waals surface area contributed by atoms with Crippen molar-refractivity contribution in [3.8, 4) is 0 Å². The van der Waals surface area contributed by atoms with E-state index in [2.05, 4.69) is 10.6 Å². The summed E-state index contributed by atoms with van der Waals surface area (Å²) in [6.45, 7) is 3.99. The highest BCUT2D eigenvalue weighted by molar-refractivity contribution is 6.05. The number of hydrogen-bond acceptors (Lipinski definition) is 5. The van der Waals surface area contributed by atoms with Gasteiger partial charge in [-0.25, -0.2) is 0 Å². The van der Waals surface area contributed by atoms with Crippen LogP contribution in [0.4, 0.5) is 11.4 Å². The molecule has 1 spiro atoms. The van der Waals surface area contributed by atoms with E-state index in [9.17, 15) is 19.5 Å². The molecule has 0 saturated carbocycles. The van der Waals surface area contributed by atoms with Crippen LogP contribution in [0, 0.1) is 25.7 Å². The van der Waals surface area contributed by atoms with Crippen LogP contribution < -0.4 is 10.6 Å². The van der Waals surface area contributed by atoms with Crippen LogP contribution in [0.3, 0.4) is 0 Å². The second-order valence-corrected chi connectivity index (χ2v) is 9.83. The van der Waals surface area contributed by atoms with Crippen LogP contribution in [0.5, 0.6) is 0 Å². The van der Waals surface area contributed by atoms with Gasteiger partial charge in [0.1, 0.15) is 11.6 Å². The van der Waals surface area contributed by atoms with E-state index in [-0.39, 0.29) is 30.9 Å². The Morgan fingerprint density at radius 3 is 2.63 bits per heavy atom. The average molecular weight is 478 g/mol. The van der Waals surface area contributed by atoms with Crippen molar-refractivity contribution in [1.29, 1.82) is 0 Å². The van der Waals surface area contributed by atoms with Gasteiger partial charge in [-0.15, -0.1) is 0 Å². The second-order valence-electron chi connectivity index (χ2n) is 9.83. The number of likely N-dealkylation sites (tertiary alicyclic amines) is 1. The number of aliphatic hydroxyl groups is 1. The zero-order valence-electron chi connectivity index (χ0n) is 20.0. The molecule has 2 unspecified atom stereocenters. The maximum atomic E-state index is 13.7. The van der Waals surface area contributed by atoms with E-state index in [1.807, 2.05) is 50.2 Å². The molecule has 2 bridgehead atoms. The first-order valence-electron chi connectivity index (χ1n) is 12.2. The fourth-order valence-electron chi connectivity index (χ4n) is 6.05. The molecule has 3 fully saturated rings. The predicted octanol–water partition coefficient (Wildman–Crippen LogP) is 2.64. The average Bonchev–Trinajstić information content (AvgIpc) is 3.48. The predicted molar refractivity (Wildman–Crippen MR) is 131 cm³/mol. The number of carbonyl (C=O) groups is 3. The number of amides is 3. The monoisotopic (exact) mass is 477 g/mol. The van der Waals surface area contributed by atoms with Gasteiger partial charge in [0.25, 0.3) is 0 Å². The molecule has 5 rings (SSSR count). The van der Waals surface area contributed by atoms with Gasteiger partial charge in [-0.2, -0.15) is 0 Å². The Morgan fingerprint density at radius 1 is 1.11 bits per heavy atom. The Morgan fingerprint density at radius 2 is 1.89 bits per heavy atom. The first-order valence-corrected chi connectivity index (χ1v) is 12.2. The number of hydrogen-bond donors (Lipinski definition) is 3. The normalized spacial score (nSPS) is 28.8. The third-order valence-electron chi connectivity index (χ3n) is 7.60. The summed E-state index contributed by atoms with van der Waals surface area (Å²) in [7, 11) is 0. The van der Waals surface area contributed by atoms with Gasteiger partial charge in [-0.1, -0.05) is 30.3 Å². The largest absolute Gasteiger partial charge is 0.396 e. The Kier molecular flexibility index (Phi) is 6.11. The highest BCUT2D eigenvalue weighted by Gasteiger charge is 2.74. The Bertz CT molecular complexity index is 1150. The van der Waals surface area contributed by atoms with Gasteiger partial charge in [-0.05, 0) is 62.4 Å². The minimum Gasteiger partial charge on any atom is -0.396 e. The van der Waals surface area contributed by atoms with Crippen LogP contribution in [-0.2, 0) is 19.1 Å². The van der Waals surface area contributed by atoms with Crippen LogP contribution >= 0.6 is 0 Å². The topological polar surface area (TPSA) is 108 Å². The van der Waals surface area contributed by atoms with Crippen LogP contribution in [0.1, 0.15) is 30.4 Å². The Labute approximate surface area is 204 Å². The van der Waals surface area contributed by atoms with E-state index < -0.39 is 29.6 Å². The van der Waals surface area contributed by atoms with Gasteiger partial charge in [0.05, 0.1) is 17.9 Å². The number of anilines is 2. The van der Waals surface area contributed by atoms with Crippen LogP contribution in [0.25, 0.3) is 0 Å². The Hall–Kier alpha value is -3.23. The van der Waals surface area contributed by atoms with Crippen LogP contribution in [0.2, 0.25) is 0 Å². The molecule has 3 N–H and O–H groups in total. The number of benzene rings is 2. The van der Waals surface area contributed by atoms with E-state index in [0.29, 0.717) is 30.6 Å². The summed E-state index contributed by atoms with van der Waals surface area (Å²) < 4.78 is 6.41. The number of ether oxygens (including phenoxy) is 1. The summed E-state index contributed by atoms with van der Waals surface area (Å²) >= 11 is 0. The van der Waals surface area contributed by atoms with Gasteiger partial charge in [0.15, 0.2) is 0 Å². The number of aliphatic hydroxyl groups excluding tert-OH is 1.